The Bertz CT molecular complexity index is 479. The lowest BCUT2D eigenvalue weighted by atomic mass is 9.95. The first-order valence-corrected chi connectivity index (χ1v) is 10.3. The summed E-state index contributed by atoms with van der Waals surface area (Å²) in [5.41, 5.74) is 0.843. The SMILES string of the molecule is CCCCCCCCCCC=CCCC(C)Cc1cc(O)ccc1O. The molecule has 2 N–H and O–H groups in total. The molecule has 25 heavy (non-hydrogen) atoms. The van der Waals surface area contributed by atoms with Crippen LogP contribution in [-0.2, 0) is 6.42 Å². The fraction of sp³-hybridized carbons (Fsp3) is 0.652. The van der Waals surface area contributed by atoms with Gasteiger partial charge < -0.3 is 10.2 Å². The van der Waals surface area contributed by atoms with Crippen LogP contribution in [0.15, 0.2) is 30.4 Å². The monoisotopic (exact) mass is 346 g/mol. The zero-order chi connectivity index (χ0) is 18.3. The van der Waals surface area contributed by atoms with Gasteiger partial charge in [0.25, 0.3) is 0 Å². The Balaban J connectivity index is 2.02. The third-order valence-corrected chi connectivity index (χ3v) is 4.85. The van der Waals surface area contributed by atoms with Crippen molar-refractivity contribution in [1.29, 1.82) is 0 Å². The van der Waals surface area contributed by atoms with E-state index in [0.717, 1.165) is 24.8 Å². The van der Waals surface area contributed by atoms with Crippen molar-refractivity contribution in [3.05, 3.63) is 35.9 Å². The third-order valence-electron chi connectivity index (χ3n) is 4.85. The summed E-state index contributed by atoms with van der Waals surface area (Å²) in [5, 5.41) is 19.3. The first kappa shape index (κ1) is 21.6. The van der Waals surface area contributed by atoms with Crippen LogP contribution in [0.5, 0.6) is 11.5 Å². The average molecular weight is 347 g/mol. The Kier molecular flexibility index (Phi) is 11.9. The molecule has 0 heterocycles. The van der Waals surface area contributed by atoms with Crippen molar-refractivity contribution in [2.24, 2.45) is 5.92 Å². The van der Waals surface area contributed by atoms with Crippen LogP contribution in [0.25, 0.3) is 0 Å². The normalized spacial score (nSPS) is 12.7. The van der Waals surface area contributed by atoms with E-state index < -0.39 is 0 Å². The highest BCUT2D eigenvalue weighted by Crippen LogP contribution is 2.26. The van der Waals surface area contributed by atoms with Gasteiger partial charge in [0, 0.05) is 0 Å². The first-order chi connectivity index (χ1) is 12.1. The highest BCUT2D eigenvalue weighted by Gasteiger charge is 2.07. The van der Waals surface area contributed by atoms with Crippen LogP contribution in [0, 0.1) is 5.92 Å². The Morgan fingerprint density at radius 3 is 2.24 bits per heavy atom. The van der Waals surface area contributed by atoms with Crippen molar-refractivity contribution in [3.8, 4) is 11.5 Å². The molecule has 142 valence electrons. The maximum Gasteiger partial charge on any atom is 0.119 e. The second-order valence-corrected chi connectivity index (χ2v) is 7.43. The van der Waals surface area contributed by atoms with E-state index in [4.69, 9.17) is 0 Å². The quantitative estimate of drug-likeness (QED) is 0.213. The molecule has 0 fully saturated rings. The van der Waals surface area contributed by atoms with E-state index in [2.05, 4.69) is 26.0 Å². The van der Waals surface area contributed by atoms with Crippen molar-refractivity contribution < 1.29 is 10.2 Å². The lowest BCUT2D eigenvalue weighted by Gasteiger charge is -2.11. The predicted octanol–water partition coefficient (Wildman–Crippen LogP) is 7.14. The molecular weight excluding hydrogens is 308 g/mol. The molecule has 2 heteroatoms. The van der Waals surface area contributed by atoms with Gasteiger partial charge in [-0.25, -0.2) is 0 Å². The van der Waals surface area contributed by atoms with Gasteiger partial charge in [0.1, 0.15) is 11.5 Å². The summed E-state index contributed by atoms with van der Waals surface area (Å²) in [6.45, 7) is 4.47. The van der Waals surface area contributed by atoms with Crippen LogP contribution < -0.4 is 0 Å². The van der Waals surface area contributed by atoms with Crippen LogP contribution in [0.3, 0.4) is 0 Å². The number of rotatable bonds is 14. The molecule has 0 spiro atoms. The summed E-state index contributed by atoms with van der Waals surface area (Å²) in [5.74, 6) is 1.01. The maximum atomic E-state index is 9.83. The highest BCUT2D eigenvalue weighted by molar-refractivity contribution is 5.38. The lowest BCUT2D eigenvalue weighted by Crippen LogP contribution is -1.99. The van der Waals surface area contributed by atoms with Crippen LogP contribution in [-0.4, -0.2) is 10.2 Å². The largest absolute Gasteiger partial charge is 0.508 e. The topological polar surface area (TPSA) is 40.5 Å². The molecule has 2 nitrogen and oxygen atoms in total. The van der Waals surface area contributed by atoms with Gasteiger partial charge in [0.15, 0.2) is 0 Å². The Morgan fingerprint density at radius 1 is 0.880 bits per heavy atom. The van der Waals surface area contributed by atoms with Crippen molar-refractivity contribution in [1.82, 2.24) is 0 Å². The van der Waals surface area contributed by atoms with Gasteiger partial charge in [0.2, 0.25) is 0 Å². The van der Waals surface area contributed by atoms with Crippen LogP contribution in [0.2, 0.25) is 0 Å². The predicted molar refractivity (Wildman–Crippen MR) is 108 cm³/mol. The fourth-order valence-corrected chi connectivity index (χ4v) is 3.23. The van der Waals surface area contributed by atoms with Gasteiger partial charge in [-0.1, -0.05) is 70.9 Å². The molecule has 0 saturated heterocycles. The van der Waals surface area contributed by atoms with E-state index in [0.29, 0.717) is 5.92 Å². The summed E-state index contributed by atoms with van der Waals surface area (Å²) >= 11 is 0. The number of aromatic hydroxyl groups is 2. The molecule has 1 aromatic rings. The van der Waals surface area contributed by atoms with Crippen molar-refractivity contribution in [2.45, 2.75) is 90.9 Å². The number of phenols is 2. The molecule has 1 unspecified atom stereocenters. The van der Waals surface area contributed by atoms with Crippen LogP contribution in [0.4, 0.5) is 0 Å². The maximum absolute atomic E-state index is 9.83. The zero-order valence-corrected chi connectivity index (χ0v) is 16.3. The Hall–Kier alpha value is -1.44. The highest BCUT2D eigenvalue weighted by atomic mass is 16.3. The number of phenolic OH excluding ortho intramolecular Hbond substituents is 2. The minimum Gasteiger partial charge on any atom is -0.508 e. The Labute approximate surface area is 155 Å². The van der Waals surface area contributed by atoms with Gasteiger partial charge in [-0.2, -0.15) is 0 Å². The third kappa shape index (κ3) is 10.9. The first-order valence-electron chi connectivity index (χ1n) is 10.3. The molecule has 0 saturated carbocycles. The van der Waals surface area contributed by atoms with Crippen molar-refractivity contribution in [2.75, 3.05) is 0 Å². The van der Waals surface area contributed by atoms with Crippen LogP contribution >= 0.6 is 0 Å². The van der Waals surface area contributed by atoms with Crippen molar-refractivity contribution >= 4 is 0 Å². The number of hydrogen-bond acceptors (Lipinski definition) is 2. The number of allylic oxidation sites excluding steroid dienone is 2. The van der Waals surface area contributed by atoms with Gasteiger partial charge in [-0.15, -0.1) is 0 Å². The molecule has 0 radical (unpaired) electrons. The van der Waals surface area contributed by atoms with Gasteiger partial charge in [-0.05, 0) is 61.8 Å². The molecule has 1 rings (SSSR count). The van der Waals surface area contributed by atoms with Crippen molar-refractivity contribution in [3.63, 3.8) is 0 Å². The summed E-state index contributed by atoms with van der Waals surface area (Å²) in [6, 6.07) is 4.77. The zero-order valence-electron chi connectivity index (χ0n) is 16.3. The second-order valence-electron chi connectivity index (χ2n) is 7.43. The van der Waals surface area contributed by atoms with E-state index >= 15 is 0 Å². The molecular formula is C23H38O2. The number of benzene rings is 1. The van der Waals surface area contributed by atoms with E-state index in [9.17, 15) is 10.2 Å². The molecule has 0 amide bonds. The second kappa shape index (κ2) is 13.8. The van der Waals surface area contributed by atoms with Gasteiger partial charge in [0.05, 0.1) is 0 Å². The van der Waals surface area contributed by atoms with E-state index in [1.54, 1.807) is 12.1 Å². The minimum atomic E-state index is 0.227. The minimum absolute atomic E-state index is 0.227. The summed E-state index contributed by atoms with van der Waals surface area (Å²) in [6.07, 6.45) is 19.9. The van der Waals surface area contributed by atoms with E-state index in [-0.39, 0.29) is 11.5 Å². The van der Waals surface area contributed by atoms with Gasteiger partial charge >= 0.3 is 0 Å². The molecule has 0 aromatic heterocycles. The fourth-order valence-electron chi connectivity index (χ4n) is 3.23. The van der Waals surface area contributed by atoms with E-state index in [1.807, 2.05) is 0 Å². The summed E-state index contributed by atoms with van der Waals surface area (Å²) in [7, 11) is 0. The molecule has 1 atom stereocenters. The average Bonchev–Trinajstić information content (AvgIpc) is 2.59. The summed E-state index contributed by atoms with van der Waals surface area (Å²) in [4.78, 5) is 0. The molecule has 0 aliphatic carbocycles. The number of unbranched alkanes of at least 4 members (excludes halogenated alkanes) is 8. The standard InChI is InChI=1S/C23H38O2/c1-3-4-5-6-7-8-9-10-11-12-13-14-15-20(2)18-21-19-22(24)16-17-23(21)25/h12-13,16-17,19-20,24-25H,3-11,14-15,18H2,1-2H3. The van der Waals surface area contributed by atoms with Gasteiger partial charge in [-0.3, -0.25) is 0 Å². The summed E-state index contributed by atoms with van der Waals surface area (Å²) < 4.78 is 0. The lowest BCUT2D eigenvalue weighted by molar-refractivity contribution is 0.443. The molecule has 0 aliphatic rings. The van der Waals surface area contributed by atoms with E-state index in [1.165, 1.54) is 63.9 Å². The molecule has 1 aromatic carbocycles. The Morgan fingerprint density at radius 2 is 1.52 bits per heavy atom. The number of hydrogen-bond donors (Lipinski definition) is 2. The molecule has 0 bridgehead atoms. The smallest absolute Gasteiger partial charge is 0.119 e. The molecule has 0 aliphatic heterocycles. The van der Waals surface area contributed by atoms with Crippen LogP contribution in [0.1, 0.15) is 90.0 Å².